The van der Waals surface area contributed by atoms with Gasteiger partial charge in [-0.1, -0.05) is 6.07 Å². The van der Waals surface area contributed by atoms with Crippen LogP contribution in [0.25, 0.3) is 21.3 Å². The summed E-state index contributed by atoms with van der Waals surface area (Å²) >= 11 is 1.64. The number of aromatic nitrogens is 2. The molecule has 0 amide bonds. The topological polar surface area (TPSA) is 76.5 Å². The fraction of sp³-hybridized carbons (Fsp3) is 0.333. The number of aliphatic hydroxyl groups is 1. The summed E-state index contributed by atoms with van der Waals surface area (Å²) in [6.45, 7) is 2.88. The van der Waals surface area contributed by atoms with Gasteiger partial charge in [0, 0.05) is 23.6 Å². The predicted molar refractivity (Wildman–Crippen MR) is 101 cm³/mol. The lowest BCUT2D eigenvalue weighted by molar-refractivity contribution is 0.292. The number of nitrogens with one attached hydrogen (secondary N) is 1. The first-order chi connectivity index (χ1) is 12.2. The highest BCUT2D eigenvalue weighted by Crippen LogP contribution is 2.42. The zero-order valence-corrected chi connectivity index (χ0v) is 15.3. The Morgan fingerprint density at radius 1 is 1.16 bits per heavy atom. The molecule has 6 nitrogen and oxygen atoms in total. The minimum atomic E-state index is 0.145. The van der Waals surface area contributed by atoms with Crippen LogP contribution in [0, 0.1) is 6.92 Å². The number of hydrogen-bond donors (Lipinski definition) is 2. The van der Waals surface area contributed by atoms with Gasteiger partial charge in [0.15, 0.2) is 11.5 Å². The first kappa shape index (κ1) is 17.4. The fourth-order valence-corrected chi connectivity index (χ4v) is 3.82. The van der Waals surface area contributed by atoms with E-state index in [0.29, 0.717) is 24.5 Å². The molecule has 1 aromatic carbocycles. The number of hydrogen-bond acceptors (Lipinski definition) is 7. The van der Waals surface area contributed by atoms with Crippen molar-refractivity contribution in [2.45, 2.75) is 13.3 Å². The van der Waals surface area contributed by atoms with Crippen LogP contribution in [0.4, 0.5) is 5.82 Å². The van der Waals surface area contributed by atoms with Crippen LogP contribution in [0.15, 0.2) is 24.5 Å². The molecular weight excluding hydrogens is 338 g/mol. The van der Waals surface area contributed by atoms with Crippen molar-refractivity contribution in [3.8, 4) is 22.6 Å². The third-order valence-electron chi connectivity index (χ3n) is 3.96. The summed E-state index contributed by atoms with van der Waals surface area (Å²) in [5, 5.41) is 13.3. The van der Waals surface area contributed by atoms with Gasteiger partial charge in [-0.05, 0) is 31.0 Å². The van der Waals surface area contributed by atoms with E-state index in [0.717, 1.165) is 32.0 Å². The first-order valence-corrected chi connectivity index (χ1v) is 8.82. The predicted octanol–water partition coefficient (Wildman–Crippen LogP) is 3.48. The number of fused-ring (bicyclic) bond motifs is 1. The molecule has 2 N–H and O–H groups in total. The molecule has 0 saturated heterocycles. The number of aliphatic hydroxyl groups excluding tert-OH is 1. The Morgan fingerprint density at radius 3 is 2.68 bits per heavy atom. The number of nitrogens with zero attached hydrogens (tertiary/aromatic N) is 2. The highest BCUT2D eigenvalue weighted by Gasteiger charge is 2.18. The number of methoxy groups -OCH3 is 2. The third kappa shape index (κ3) is 3.38. The van der Waals surface area contributed by atoms with Gasteiger partial charge in [0.2, 0.25) is 0 Å². The van der Waals surface area contributed by atoms with Crippen LogP contribution < -0.4 is 14.8 Å². The molecule has 0 aliphatic heterocycles. The Kier molecular flexibility index (Phi) is 5.35. The largest absolute Gasteiger partial charge is 0.493 e. The average molecular weight is 359 g/mol. The van der Waals surface area contributed by atoms with Gasteiger partial charge < -0.3 is 19.9 Å². The van der Waals surface area contributed by atoms with Gasteiger partial charge in [0.05, 0.1) is 19.6 Å². The van der Waals surface area contributed by atoms with Crippen LogP contribution in [0.5, 0.6) is 11.5 Å². The van der Waals surface area contributed by atoms with E-state index in [-0.39, 0.29) is 6.61 Å². The van der Waals surface area contributed by atoms with Crippen molar-refractivity contribution in [3.63, 3.8) is 0 Å². The summed E-state index contributed by atoms with van der Waals surface area (Å²) in [7, 11) is 3.25. The van der Waals surface area contributed by atoms with Crippen LogP contribution in [0.2, 0.25) is 0 Å². The second-order valence-electron chi connectivity index (χ2n) is 5.51. The van der Waals surface area contributed by atoms with Crippen LogP contribution in [0.3, 0.4) is 0 Å². The number of rotatable bonds is 7. The standard InChI is InChI=1S/C18H21N3O3S/c1-11-15(12-5-6-13(23-2)14(9-12)24-3)16-17(19-7-4-8-22)20-10-21-18(16)25-11/h5-6,9-10,22H,4,7-8H2,1-3H3,(H,19,20,21). The highest BCUT2D eigenvalue weighted by atomic mass is 32.1. The molecule has 0 atom stereocenters. The van der Waals surface area contributed by atoms with E-state index < -0.39 is 0 Å². The molecule has 0 saturated carbocycles. The molecule has 2 heterocycles. The van der Waals surface area contributed by atoms with E-state index in [1.807, 2.05) is 18.2 Å². The van der Waals surface area contributed by atoms with Crippen molar-refractivity contribution in [2.75, 3.05) is 32.7 Å². The van der Waals surface area contributed by atoms with Crippen LogP contribution in [-0.2, 0) is 0 Å². The summed E-state index contributed by atoms with van der Waals surface area (Å²) in [4.78, 5) is 10.9. The second kappa shape index (κ2) is 7.67. The van der Waals surface area contributed by atoms with Gasteiger partial charge in [0.25, 0.3) is 0 Å². The summed E-state index contributed by atoms with van der Waals surface area (Å²) in [5.41, 5.74) is 2.12. The quantitative estimate of drug-likeness (QED) is 0.629. The molecular formula is C18H21N3O3S. The van der Waals surface area contributed by atoms with E-state index in [9.17, 15) is 0 Å². The van der Waals surface area contributed by atoms with E-state index in [1.54, 1.807) is 31.9 Å². The number of aryl methyl sites for hydroxylation is 1. The van der Waals surface area contributed by atoms with Crippen LogP contribution in [-0.4, -0.2) is 42.4 Å². The van der Waals surface area contributed by atoms with Gasteiger partial charge >= 0.3 is 0 Å². The summed E-state index contributed by atoms with van der Waals surface area (Å²) in [6, 6.07) is 5.89. The SMILES string of the molecule is COc1ccc(-c2c(C)sc3ncnc(NCCCO)c23)cc1OC. The maximum atomic E-state index is 9.00. The number of ether oxygens (including phenoxy) is 2. The van der Waals surface area contributed by atoms with Crippen molar-refractivity contribution in [1.29, 1.82) is 0 Å². The third-order valence-corrected chi connectivity index (χ3v) is 4.98. The Balaban J connectivity index is 2.14. The smallest absolute Gasteiger partial charge is 0.161 e. The van der Waals surface area contributed by atoms with Gasteiger partial charge in [-0.3, -0.25) is 0 Å². The van der Waals surface area contributed by atoms with Crippen molar-refractivity contribution in [1.82, 2.24) is 9.97 Å². The maximum Gasteiger partial charge on any atom is 0.161 e. The maximum absolute atomic E-state index is 9.00. The Bertz CT molecular complexity index is 879. The van der Waals surface area contributed by atoms with Gasteiger partial charge in [0.1, 0.15) is 17.0 Å². The van der Waals surface area contributed by atoms with Crippen LogP contribution in [0.1, 0.15) is 11.3 Å². The lowest BCUT2D eigenvalue weighted by Crippen LogP contribution is -2.05. The van der Waals surface area contributed by atoms with E-state index >= 15 is 0 Å². The van der Waals surface area contributed by atoms with E-state index in [4.69, 9.17) is 14.6 Å². The molecule has 0 unspecified atom stereocenters. The Hall–Kier alpha value is -2.38. The lowest BCUT2D eigenvalue weighted by Gasteiger charge is -2.11. The molecule has 0 fully saturated rings. The Morgan fingerprint density at radius 2 is 1.96 bits per heavy atom. The van der Waals surface area contributed by atoms with Crippen molar-refractivity contribution in [2.24, 2.45) is 0 Å². The molecule has 2 aromatic heterocycles. The summed E-state index contributed by atoms with van der Waals surface area (Å²) in [5.74, 6) is 2.17. The normalized spacial score (nSPS) is 10.9. The van der Waals surface area contributed by atoms with Crippen LogP contribution >= 0.6 is 11.3 Å². The average Bonchev–Trinajstić information content (AvgIpc) is 2.98. The molecule has 7 heteroatoms. The van der Waals surface area contributed by atoms with Gasteiger partial charge in [-0.2, -0.15) is 0 Å². The van der Waals surface area contributed by atoms with E-state index in [1.165, 1.54) is 0 Å². The number of benzene rings is 1. The molecule has 0 radical (unpaired) electrons. The molecule has 0 bridgehead atoms. The molecule has 25 heavy (non-hydrogen) atoms. The molecule has 0 spiro atoms. The van der Waals surface area contributed by atoms with Crippen molar-refractivity contribution in [3.05, 3.63) is 29.4 Å². The van der Waals surface area contributed by atoms with Gasteiger partial charge in [-0.25, -0.2) is 9.97 Å². The molecule has 132 valence electrons. The fourth-order valence-electron chi connectivity index (χ4n) is 2.80. The van der Waals surface area contributed by atoms with Crippen molar-refractivity contribution < 1.29 is 14.6 Å². The first-order valence-electron chi connectivity index (χ1n) is 8.00. The monoisotopic (exact) mass is 359 g/mol. The van der Waals surface area contributed by atoms with Crippen molar-refractivity contribution >= 4 is 27.4 Å². The molecule has 3 rings (SSSR count). The molecule has 0 aliphatic carbocycles. The zero-order valence-electron chi connectivity index (χ0n) is 14.5. The highest BCUT2D eigenvalue weighted by molar-refractivity contribution is 7.19. The summed E-state index contributed by atoms with van der Waals surface area (Å²) in [6.07, 6.45) is 2.23. The number of thiophene rings is 1. The molecule has 3 aromatic rings. The second-order valence-corrected chi connectivity index (χ2v) is 6.71. The summed E-state index contributed by atoms with van der Waals surface area (Å²) < 4.78 is 10.8. The van der Waals surface area contributed by atoms with E-state index in [2.05, 4.69) is 22.2 Å². The zero-order chi connectivity index (χ0) is 17.8. The lowest BCUT2D eigenvalue weighted by atomic mass is 10.0. The van der Waals surface area contributed by atoms with Gasteiger partial charge in [-0.15, -0.1) is 11.3 Å². The minimum Gasteiger partial charge on any atom is -0.493 e. The Labute approximate surface area is 150 Å². The molecule has 0 aliphatic rings. The number of anilines is 1. The minimum absolute atomic E-state index is 0.145.